The van der Waals surface area contributed by atoms with Crippen LogP contribution in [0.4, 0.5) is 0 Å². The van der Waals surface area contributed by atoms with Gasteiger partial charge in [0.25, 0.3) is 0 Å². The van der Waals surface area contributed by atoms with Crippen LogP contribution < -0.4 is 22.5 Å². The molecule has 0 spiro atoms. The third kappa shape index (κ3) is 9.19. The van der Waals surface area contributed by atoms with E-state index in [0.717, 1.165) is 47.1 Å². The quantitative estimate of drug-likeness (QED) is 0.0965. The third-order valence-corrected chi connectivity index (χ3v) is 13.4. The van der Waals surface area contributed by atoms with Crippen LogP contribution in [0.1, 0.15) is 69.0 Å². The Morgan fingerprint density at radius 2 is 1.61 bits per heavy atom. The molecule has 2 amide bonds. The third-order valence-electron chi connectivity index (χ3n) is 10.7. The largest absolute Gasteiger partial charge is 0.369 e. The molecule has 4 aliphatic rings. The minimum Gasteiger partial charge on any atom is -0.369 e. The van der Waals surface area contributed by atoms with Crippen LogP contribution in [-0.4, -0.2) is 35.9 Å². The summed E-state index contributed by atoms with van der Waals surface area (Å²) >= 11 is 6.20. The van der Waals surface area contributed by atoms with Crippen molar-refractivity contribution in [1.29, 1.82) is 0 Å². The Kier molecular flexibility index (Phi) is 11.6. The summed E-state index contributed by atoms with van der Waals surface area (Å²) in [5, 5.41) is 3.91. The number of rotatable bonds is 15. The topological polar surface area (TPSA) is 133 Å². The second kappa shape index (κ2) is 15.9. The smallest absolute Gasteiger partial charge is 0.234 e. The Bertz CT molecular complexity index is 1600. The molecule has 3 unspecified atom stereocenters. The SMILES string of the molecule is C/C(=C\C(N)c1ccc(-c2cccc(Cl)c2)cc1)CC(CP(OC12CC3CC(CC(C3)C1)C2)[C@H](Cc1ccccc1)NC(=O)CN)C(N)=O. The molecule has 0 aliphatic heterocycles. The maximum Gasteiger partial charge on any atom is 0.234 e. The predicted octanol–water partition coefficient (Wildman–Crippen LogP) is 7.47. The molecule has 49 heavy (non-hydrogen) atoms. The highest BCUT2D eigenvalue weighted by molar-refractivity contribution is 7.53. The van der Waals surface area contributed by atoms with Gasteiger partial charge in [0.05, 0.1) is 26.1 Å². The Balaban J connectivity index is 1.22. The molecule has 4 atom stereocenters. The van der Waals surface area contributed by atoms with Crippen molar-refractivity contribution >= 4 is 31.6 Å². The molecule has 260 valence electrons. The van der Waals surface area contributed by atoms with E-state index in [-0.39, 0.29) is 35.8 Å². The van der Waals surface area contributed by atoms with Gasteiger partial charge < -0.3 is 27.0 Å². The molecule has 4 bridgehead atoms. The number of hydrogen-bond donors (Lipinski definition) is 4. The number of primary amides is 1. The zero-order valence-corrected chi connectivity index (χ0v) is 30.1. The highest BCUT2D eigenvalue weighted by atomic mass is 35.5. The van der Waals surface area contributed by atoms with Crippen LogP contribution in [0.25, 0.3) is 11.1 Å². The van der Waals surface area contributed by atoms with E-state index in [1.165, 1.54) is 19.3 Å². The summed E-state index contributed by atoms with van der Waals surface area (Å²) in [6, 6.07) is 25.7. The average Bonchev–Trinajstić information content (AvgIpc) is 3.07. The molecule has 3 aromatic carbocycles. The van der Waals surface area contributed by atoms with Gasteiger partial charge in [0.1, 0.15) is 0 Å². The number of nitrogens with two attached hydrogens (primary N) is 3. The molecule has 9 heteroatoms. The van der Waals surface area contributed by atoms with E-state index in [4.69, 9.17) is 33.3 Å². The molecule has 4 saturated carbocycles. The first-order valence-corrected chi connectivity index (χ1v) is 19.5. The summed E-state index contributed by atoms with van der Waals surface area (Å²) in [6.45, 7) is 1.90. The summed E-state index contributed by atoms with van der Waals surface area (Å²) in [4.78, 5) is 26.0. The lowest BCUT2D eigenvalue weighted by molar-refractivity contribution is -0.121. The average molecular weight is 701 g/mol. The highest BCUT2D eigenvalue weighted by Crippen LogP contribution is 2.62. The fourth-order valence-corrected chi connectivity index (χ4v) is 11.6. The maximum absolute atomic E-state index is 13.1. The van der Waals surface area contributed by atoms with Gasteiger partial charge >= 0.3 is 0 Å². The number of hydrogen-bond acceptors (Lipinski definition) is 5. The Hall–Kier alpha value is -3.06. The lowest BCUT2D eigenvalue weighted by Gasteiger charge is -2.57. The van der Waals surface area contributed by atoms with Crippen LogP contribution in [0, 0.1) is 23.7 Å². The van der Waals surface area contributed by atoms with Crippen LogP contribution in [0.15, 0.2) is 90.5 Å². The zero-order valence-electron chi connectivity index (χ0n) is 28.4. The molecular formula is C40H50ClN4O3P. The molecule has 7 nitrogen and oxygen atoms in total. The number of nitrogens with one attached hydrogen (secondary N) is 1. The normalized spacial score (nSPS) is 25.4. The van der Waals surface area contributed by atoms with Gasteiger partial charge in [-0.2, -0.15) is 0 Å². The summed E-state index contributed by atoms with van der Waals surface area (Å²) in [7, 11) is -1.30. The first-order valence-electron chi connectivity index (χ1n) is 17.7. The molecule has 0 saturated heterocycles. The maximum atomic E-state index is 13.1. The second-order valence-corrected chi connectivity index (χ2v) is 17.2. The van der Waals surface area contributed by atoms with Gasteiger partial charge in [-0.25, -0.2) is 0 Å². The second-order valence-electron chi connectivity index (χ2n) is 14.7. The van der Waals surface area contributed by atoms with Gasteiger partial charge in [0, 0.05) is 23.1 Å². The Labute approximate surface area is 297 Å². The van der Waals surface area contributed by atoms with Gasteiger partial charge in [-0.1, -0.05) is 90.0 Å². The highest BCUT2D eigenvalue weighted by Gasteiger charge is 2.53. The number of benzene rings is 3. The summed E-state index contributed by atoms with van der Waals surface area (Å²) in [5.74, 6) is 0.751. The van der Waals surface area contributed by atoms with Crippen molar-refractivity contribution in [2.24, 2.45) is 40.9 Å². The van der Waals surface area contributed by atoms with Gasteiger partial charge in [0.2, 0.25) is 11.8 Å². The molecule has 3 aromatic rings. The minimum atomic E-state index is -1.30. The van der Waals surface area contributed by atoms with Gasteiger partial charge in [0.15, 0.2) is 0 Å². The van der Waals surface area contributed by atoms with E-state index in [9.17, 15) is 9.59 Å². The van der Waals surface area contributed by atoms with E-state index in [2.05, 4.69) is 17.4 Å². The minimum absolute atomic E-state index is 0.106. The molecule has 7 N–H and O–H groups in total. The van der Waals surface area contributed by atoms with E-state index in [1.54, 1.807) is 0 Å². The standard InChI is InChI=1S/C40H50ClN4O3P/c1-26(15-36(43)32-12-10-31(11-13-32)33-8-5-9-35(41)20-33)14-34(39(44)47)25-49(38(45-37(46)24-42)19-27-6-3-2-4-7-27)48-40-21-28-16-29(22-40)18-30(17-28)23-40/h2-13,15,20,28-30,34,36,38H,14,16-19,21-25,42-43H2,1H3,(H2,44,47)(H,45,46)/b26-15+/t28?,29?,30?,34?,36?,38-,40?,49?/m1/s1. The summed E-state index contributed by atoms with van der Waals surface area (Å²) in [5.41, 5.74) is 23.6. The molecule has 0 heterocycles. The van der Waals surface area contributed by atoms with Crippen molar-refractivity contribution in [1.82, 2.24) is 5.32 Å². The van der Waals surface area contributed by atoms with Gasteiger partial charge in [-0.15, -0.1) is 0 Å². The fraction of sp³-hybridized carbons (Fsp3) is 0.450. The predicted molar refractivity (Wildman–Crippen MR) is 200 cm³/mol. The van der Waals surface area contributed by atoms with Crippen molar-refractivity contribution in [3.63, 3.8) is 0 Å². The van der Waals surface area contributed by atoms with Crippen molar-refractivity contribution < 1.29 is 14.1 Å². The van der Waals surface area contributed by atoms with Crippen molar-refractivity contribution in [2.45, 2.75) is 75.7 Å². The van der Waals surface area contributed by atoms with Crippen LogP contribution in [0.2, 0.25) is 5.02 Å². The van der Waals surface area contributed by atoms with Gasteiger partial charge in [-0.3, -0.25) is 9.59 Å². The molecule has 4 fully saturated rings. The number of amides is 2. The van der Waals surface area contributed by atoms with Crippen molar-refractivity contribution in [3.8, 4) is 11.1 Å². The zero-order chi connectivity index (χ0) is 34.5. The number of carbonyl (C=O) groups excluding carboxylic acids is 2. The van der Waals surface area contributed by atoms with E-state index < -0.39 is 14.1 Å². The number of halogens is 1. The van der Waals surface area contributed by atoms with Crippen LogP contribution in [0.3, 0.4) is 0 Å². The van der Waals surface area contributed by atoms with E-state index >= 15 is 0 Å². The van der Waals surface area contributed by atoms with Crippen LogP contribution in [-0.2, 0) is 20.5 Å². The molecule has 0 aromatic heterocycles. The molecular weight excluding hydrogens is 651 g/mol. The fourth-order valence-electron chi connectivity index (χ4n) is 8.82. The molecule has 7 rings (SSSR count). The lowest BCUT2D eigenvalue weighted by atomic mass is 9.54. The summed E-state index contributed by atoms with van der Waals surface area (Å²) in [6.07, 6.45) is 10.6. The monoisotopic (exact) mass is 700 g/mol. The molecule has 0 radical (unpaired) electrons. The first-order chi connectivity index (χ1) is 23.6. The van der Waals surface area contributed by atoms with Crippen molar-refractivity contribution in [3.05, 3.63) is 107 Å². The Morgan fingerprint density at radius 3 is 2.20 bits per heavy atom. The number of allylic oxidation sites excluding steroid dienone is 1. The van der Waals surface area contributed by atoms with Crippen molar-refractivity contribution in [2.75, 3.05) is 12.7 Å². The summed E-state index contributed by atoms with van der Waals surface area (Å²) < 4.78 is 7.35. The molecule has 4 aliphatic carbocycles. The number of carbonyl (C=O) groups is 2. The first kappa shape index (κ1) is 35.8. The van der Waals surface area contributed by atoms with E-state index in [1.807, 2.05) is 79.7 Å². The van der Waals surface area contributed by atoms with E-state index in [0.29, 0.717) is 41.8 Å². The van der Waals surface area contributed by atoms with Gasteiger partial charge in [-0.05, 0) is 110 Å². The van der Waals surface area contributed by atoms with Crippen LogP contribution >= 0.6 is 19.7 Å². The lowest BCUT2D eigenvalue weighted by Crippen LogP contribution is -2.52. The Morgan fingerprint density at radius 1 is 0.959 bits per heavy atom. The van der Waals surface area contributed by atoms with Crippen LogP contribution in [0.5, 0.6) is 0 Å².